The van der Waals surface area contributed by atoms with Crippen LogP contribution in [0.5, 0.6) is 5.75 Å². The lowest BCUT2D eigenvalue weighted by Gasteiger charge is -2.12. The fraction of sp³-hybridized carbons (Fsp3) is 0.105. The number of benzene rings is 2. The van der Waals surface area contributed by atoms with Crippen molar-refractivity contribution in [1.82, 2.24) is 19.7 Å². The van der Waals surface area contributed by atoms with Crippen molar-refractivity contribution in [3.63, 3.8) is 0 Å². The smallest absolute Gasteiger partial charge is 0.269 e. The van der Waals surface area contributed by atoms with E-state index in [1.54, 1.807) is 49.6 Å². The number of nitrogens with one attached hydrogen (secondary N) is 1. The Morgan fingerprint density at radius 2 is 1.96 bits per heavy atom. The number of halogens is 1. The lowest BCUT2D eigenvalue weighted by Crippen LogP contribution is -2.21. The van der Waals surface area contributed by atoms with Crippen LogP contribution >= 0.6 is 11.8 Å². The summed E-state index contributed by atoms with van der Waals surface area (Å²) in [5, 5.41) is 7.47. The molecule has 2 aromatic carbocycles. The van der Waals surface area contributed by atoms with E-state index in [0.29, 0.717) is 38.9 Å². The van der Waals surface area contributed by atoms with Gasteiger partial charge in [-0.25, -0.2) is 9.37 Å². The molecule has 1 N–H and O–H groups in total. The molecule has 27 heavy (non-hydrogen) atoms. The number of hydrogen-bond acceptors (Lipinski definition) is 5. The van der Waals surface area contributed by atoms with Gasteiger partial charge in [-0.05, 0) is 35.9 Å². The zero-order valence-corrected chi connectivity index (χ0v) is 15.2. The number of nitrogens with zero attached hydrogens (tertiary/aromatic N) is 3. The molecule has 8 heteroatoms. The summed E-state index contributed by atoms with van der Waals surface area (Å²) in [5.41, 5.74) is 1.35. The van der Waals surface area contributed by atoms with Gasteiger partial charge in [0.05, 0.1) is 19.0 Å². The van der Waals surface area contributed by atoms with Crippen molar-refractivity contribution in [3.05, 3.63) is 76.5 Å². The van der Waals surface area contributed by atoms with Gasteiger partial charge in [-0.2, -0.15) is 5.10 Å². The van der Waals surface area contributed by atoms with E-state index in [1.807, 2.05) is 0 Å². The number of methoxy groups -OCH3 is 1. The quantitative estimate of drug-likeness (QED) is 0.422. The van der Waals surface area contributed by atoms with Crippen LogP contribution in [0.4, 0.5) is 4.39 Å². The number of hydrogen-bond donors (Lipinski definition) is 1. The zero-order valence-electron chi connectivity index (χ0n) is 14.3. The molecule has 0 atom stereocenters. The second-order valence-corrected chi connectivity index (χ2v) is 6.69. The van der Waals surface area contributed by atoms with Crippen molar-refractivity contribution in [3.8, 4) is 11.4 Å². The lowest BCUT2D eigenvalue weighted by atomic mass is 10.2. The van der Waals surface area contributed by atoms with Gasteiger partial charge >= 0.3 is 0 Å². The Morgan fingerprint density at radius 3 is 2.70 bits per heavy atom. The standard InChI is InChI=1S/C19H15FN4O2S/c1-26-14-8-6-13(7-9-14)24-18(25)15-10-21-23-17(15)22-19(24)27-11-12-4-2-3-5-16(12)20/h2-10H,11H2,1H3,(H,21,23). The summed E-state index contributed by atoms with van der Waals surface area (Å²) < 4.78 is 20.6. The third kappa shape index (κ3) is 3.31. The van der Waals surface area contributed by atoms with Gasteiger partial charge in [-0.15, -0.1) is 0 Å². The van der Waals surface area contributed by atoms with Gasteiger partial charge < -0.3 is 4.74 Å². The SMILES string of the molecule is COc1ccc(-n2c(SCc3ccccc3F)nc3[nH]ncc3c2=O)cc1. The second kappa shape index (κ2) is 7.24. The Bertz CT molecular complexity index is 1150. The first-order chi connectivity index (χ1) is 13.2. The molecule has 0 saturated carbocycles. The summed E-state index contributed by atoms with van der Waals surface area (Å²) in [4.78, 5) is 17.5. The summed E-state index contributed by atoms with van der Waals surface area (Å²) in [7, 11) is 1.58. The number of ether oxygens (including phenoxy) is 1. The van der Waals surface area contributed by atoms with Crippen LogP contribution in [-0.4, -0.2) is 26.9 Å². The monoisotopic (exact) mass is 382 g/mol. The Balaban J connectivity index is 1.80. The van der Waals surface area contributed by atoms with Gasteiger partial charge in [-0.3, -0.25) is 14.5 Å². The maximum absolute atomic E-state index is 13.9. The predicted octanol–water partition coefficient (Wildman–Crippen LogP) is 3.55. The van der Waals surface area contributed by atoms with E-state index in [0.717, 1.165) is 0 Å². The number of aromatic nitrogens is 4. The second-order valence-electron chi connectivity index (χ2n) is 5.75. The van der Waals surface area contributed by atoms with Crippen LogP contribution in [0.25, 0.3) is 16.7 Å². The Morgan fingerprint density at radius 1 is 1.19 bits per heavy atom. The highest BCUT2D eigenvalue weighted by Gasteiger charge is 2.15. The molecule has 0 unspecified atom stereocenters. The molecule has 0 saturated heterocycles. The Kier molecular flexibility index (Phi) is 4.64. The number of H-pyrrole nitrogens is 1. The summed E-state index contributed by atoms with van der Waals surface area (Å²) in [6, 6.07) is 13.7. The molecule has 0 radical (unpaired) electrons. The molecule has 4 aromatic rings. The molecule has 6 nitrogen and oxygen atoms in total. The van der Waals surface area contributed by atoms with Crippen molar-refractivity contribution in [1.29, 1.82) is 0 Å². The molecule has 0 amide bonds. The number of fused-ring (bicyclic) bond motifs is 1. The highest BCUT2D eigenvalue weighted by atomic mass is 32.2. The third-order valence-electron chi connectivity index (χ3n) is 4.10. The highest BCUT2D eigenvalue weighted by molar-refractivity contribution is 7.98. The normalized spacial score (nSPS) is 11.0. The van der Waals surface area contributed by atoms with Crippen molar-refractivity contribution in [2.75, 3.05) is 7.11 Å². The lowest BCUT2D eigenvalue weighted by molar-refractivity contribution is 0.414. The van der Waals surface area contributed by atoms with Crippen molar-refractivity contribution < 1.29 is 9.13 Å². The molecule has 0 spiro atoms. The van der Waals surface area contributed by atoms with Crippen LogP contribution < -0.4 is 10.3 Å². The van der Waals surface area contributed by atoms with E-state index in [-0.39, 0.29) is 11.4 Å². The number of rotatable bonds is 5. The first-order valence-electron chi connectivity index (χ1n) is 8.14. The summed E-state index contributed by atoms with van der Waals surface area (Å²) in [5.74, 6) is 0.741. The molecule has 0 bridgehead atoms. The first-order valence-corrected chi connectivity index (χ1v) is 9.12. The van der Waals surface area contributed by atoms with Gasteiger partial charge in [0.25, 0.3) is 5.56 Å². The Labute approximate surface area is 158 Å². The molecular formula is C19H15FN4O2S. The summed E-state index contributed by atoms with van der Waals surface area (Å²) >= 11 is 1.28. The number of thioether (sulfide) groups is 1. The molecule has 4 rings (SSSR count). The molecule has 136 valence electrons. The fourth-order valence-electron chi connectivity index (χ4n) is 2.69. The predicted molar refractivity (Wildman–Crippen MR) is 102 cm³/mol. The summed E-state index contributed by atoms with van der Waals surface area (Å²) in [6.45, 7) is 0. The van der Waals surface area contributed by atoms with Crippen LogP contribution in [0.2, 0.25) is 0 Å². The van der Waals surface area contributed by atoms with Crippen LogP contribution in [-0.2, 0) is 5.75 Å². The molecule has 0 aliphatic heterocycles. The highest BCUT2D eigenvalue weighted by Crippen LogP contribution is 2.25. The maximum Gasteiger partial charge on any atom is 0.269 e. The molecule has 0 fully saturated rings. The van der Waals surface area contributed by atoms with E-state index in [1.165, 1.54) is 28.6 Å². The maximum atomic E-state index is 13.9. The van der Waals surface area contributed by atoms with Crippen LogP contribution in [0.15, 0.2) is 64.7 Å². The van der Waals surface area contributed by atoms with E-state index >= 15 is 0 Å². The minimum absolute atomic E-state index is 0.241. The molecule has 0 aliphatic rings. The average Bonchev–Trinajstić information content (AvgIpc) is 3.17. The van der Waals surface area contributed by atoms with E-state index in [4.69, 9.17) is 4.74 Å². The molecule has 0 aliphatic carbocycles. The van der Waals surface area contributed by atoms with Gasteiger partial charge in [0.15, 0.2) is 10.8 Å². The topological polar surface area (TPSA) is 72.8 Å². The zero-order chi connectivity index (χ0) is 18.8. The third-order valence-corrected chi connectivity index (χ3v) is 5.08. The fourth-order valence-corrected chi connectivity index (χ4v) is 3.68. The van der Waals surface area contributed by atoms with E-state index in [2.05, 4.69) is 15.2 Å². The molecule has 2 heterocycles. The van der Waals surface area contributed by atoms with Gasteiger partial charge in [0.1, 0.15) is 17.0 Å². The van der Waals surface area contributed by atoms with Crippen LogP contribution in [0, 0.1) is 5.82 Å². The average molecular weight is 382 g/mol. The van der Waals surface area contributed by atoms with Crippen LogP contribution in [0.1, 0.15) is 5.56 Å². The molecular weight excluding hydrogens is 367 g/mol. The van der Waals surface area contributed by atoms with Gasteiger partial charge in [0.2, 0.25) is 0 Å². The van der Waals surface area contributed by atoms with E-state index < -0.39 is 0 Å². The van der Waals surface area contributed by atoms with Gasteiger partial charge in [0, 0.05) is 5.75 Å². The minimum Gasteiger partial charge on any atom is -0.497 e. The largest absolute Gasteiger partial charge is 0.497 e. The Hall–Kier alpha value is -3.13. The number of aromatic amines is 1. The van der Waals surface area contributed by atoms with Crippen molar-refractivity contribution >= 4 is 22.8 Å². The minimum atomic E-state index is -0.286. The van der Waals surface area contributed by atoms with E-state index in [9.17, 15) is 9.18 Å². The summed E-state index contributed by atoms with van der Waals surface area (Å²) in [6.07, 6.45) is 1.45. The first kappa shape index (κ1) is 17.3. The van der Waals surface area contributed by atoms with Crippen LogP contribution in [0.3, 0.4) is 0 Å². The van der Waals surface area contributed by atoms with Crippen molar-refractivity contribution in [2.45, 2.75) is 10.9 Å². The van der Waals surface area contributed by atoms with Gasteiger partial charge in [-0.1, -0.05) is 30.0 Å². The van der Waals surface area contributed by atoms with Crippen molar-refractivity contribution in [2.24, 2.45) is 0 Å². The molecule has 2 aromatic heterocycles.